The highest BCUT2D eigenvalue weighted by molar-refractivity contribution is 7.52. The molecule has 1 aromatic carbocycles. The molecular formula is C23H33N4O8P. The molecule has 0 radical (unpaired) electrons. The Kier molecular flexibility index (Phi) is 8.93. The summed E-state index contributed by atoms with van der Waals surface area (Å²) in [4.78, 5) is 17.8. The molecule has 3 rings (SSSR count). The number of aliphatic hydroxyl groups is 2. The molecule has 0 aromatic heterocycles. The van der Waals surface area contributed by atoms with E-state index in [4.69, 9.17) is 24.3 Å². The van der Waals surface area contributed by atoms with Crippen molar-refractivity contribution in [2.24, 2.45) is 10.7 Å². The lowest BCUT2D eigenvalue weighted by Gasteiger charge is -2.31. The Labute approximate surface area is 210 Å². The number of hydrogen-bond donors (Lipinski definition) is 4. The van der Waals surface area contributed by atoms with E-state index in [0.717, 1.165) is 0 Å². The average molecular weight is 525 g/mol. The van der Waals surface area contributed by atoms with Gasteiger partial charge in [0, 0.05) is 6.20 Å². The summed E-state index contributed by atoms with van der Waals surface area (Å²) in [6.07, 6.45) is -3.40. The van der Waals surface area contributed by atoms with Crippen molar-refractivity contribution in [1.29, 1.82) is 0 Å². The van der Waals surface area contributed by atoms with Gasteiger partial charge >= 0.3 is 13.7 Å². The summed E-state index contributed by atoms with van der Waals surface area (Å²) in [5.41, 5.74) is 5.66. The van der Waals surface area contributed by atoms with Gasteiger partial charge in [-0.05, 0) is 45.9 Å². The Morgan fingerprint density at radius 2 is 1.89 bits per heavy atom. The minimum Gasteiger partial charge on any atom is -0.462 e. The van der Waals surface area contributed by atoms with Crippen LogP contribution in [0, 0.1) is 0 Å². The highest BCUT2D eigenvalue weighted by Gasteiger charge is 2.50. The number of ether oxygens (including phenoxy) is 2. The van der Waals surface area contributed by atoms with Crippen LogP contribution >= 0.6 is 7.75 Å². The fourth-order valence-corrected chi connectivity index (χ4v) is 5.32. The lowest BCUT2D eigenvalue weighted by Crippen LogP contribution is -2.42. The van der Waals surface area contributed by atoms with Gasteiger partial charge in [-0.2, -0.15) is 5.09 Å². The van der Waals surface area contributed by atoms with E-state index in [9.17, 15) is 19.6 Å². The van der Waals surface area contributed by atoms with Gasteiger partial charge in [0.05, 0.1) is 12.2 Å². The first-order chi connectivity index (χ1) is 16.9. The van der Waals surface area contributed by atoms with Crippen molar-refractivity contribution in [3.05, 3.63) is 55.0 Å². The number of amidine groups is 1. The molecule has 0 aliphatic carbocycles. The van der Waals surface area contributed by atoms with E-state index < -0.39 is 50.4 Å². The van der Waals surface area contributed by atoms with Crippen LogP contribution < -0.4 is 15.3 Å². The Bertz CT molecular complexity index is 1050. The predicted octanol–water partition coefficient (Wildman–Crippen LogP) is 1.61. The van der Waals surface area contributed by atoms with Crippen LogP contribution in [0.1, 0.15) is 27.7 Å². The van der Waals surface area contributed by atoms with E-state index in [-0.39, 0.29) is 23.5 Å². The smallest absolute Gasteiger partial charge is 0.459 e. The summed E-state index contributed by atoms with van der Waals surface area (Å²) in [7, 11) is -4.23. The van der Waals surface area contributed by atoms with Gasteiger partial charge in [-0.1, -0.05) is 24.8 Å². The molecule has 2 aliphatic rings. The fraction of sp³-hybridized carbons (Fsp3) is 0.478. The van der Waals surface area contributed by atoms with Gasteiger partial charge in [0.1, 0.15) is 41.8 Å². The number of rotatable bonds is 10. The molecule has 0 saturated carbocycles. The number of hydrogen-bond acceptors (Lipinski definition) is 11. The minimum atomic E-state index is -4.23. The SMILES string of the molecule is C=C1N=C(N)C=CN1[C@@H]1O[C@H](C(C)OP(=O)(NC(C)C(=O)OC(C)C)Oc2ccccc2)C(O)C1O. The molecule has 1 saturated heterocycles. The standard InChI is InChI=1S/C23H33N4O8P/c1-13(2)32-23(30)14(3)26-36(31,35-17-9-7-6-8-10-17)34-15(4)21-19(28)20(29)22(33-21)27-12-11-18(24)25-16(27)5/h6-15,19-22,28-29H,5H2,1-4H3,(H2,24,25)(H,26,31)/t14?,15?,19?,20?,21-,22-,36?/m1/s1. The summed E-state index contributed by atoms with van der Waals surface area (Å²) < 4.78 is 36.2. The van der Waals surface area contributed by atoms with Gasteiger partial charge < -0.3 is 34.8 Å². The normalized spacial score (nSPS) is 27.4. The number of carbonyl (C=O) groups excluding carboxylic acids is 1. The van der Waals surface area contributed by atoms with Crippen LogP contribution in [-0.2, 0) is 23.4 Å². The Hall–Kier alpha value is -2.73. The third-order valence-corrected chi connectivity index (χ3v) is 7.07. The molecule has 2 aliphatic heterocycles. The van der Waals surface area contributed by atoms with Crippen LogP contribution in [-0.4, -0.2) is 69.7 Å². The zero-order valence-corrected chi connectivity index (χ0v) is 21.4. The molecule has 13 heteroatoms. The van der Waals surface area contributed by atoms with Gasteiger partial charge in [0.2, 0.25) is 0 Å². The van der Waals surface area contributed by atoms with Crippen molar-refractivity contribution in [3.8, 4) is 5.75 Å². The zero-order valence-electron chi connectivity index (χ0n) is 20.6. The average Bonchev–Trinajstić information content (AvgIpc) is 3.08. The summed E-state index contributed by atoms with van der Waals surface area (Å²) >= 11 is 0. The van der Waals surface area contributed by atoms with Crippen LogP contribution in [0.4, 0.5) is 0 Å². The van der Waals surface area contributed by atoms with Crippen molar-refractivity contribution in [2.45, 2.75) is 70.5 Å². The molecule has 5 N–H and O–H groups in total. The van der Waals surface area contributed by atoms with Gasteiger partial charge in [-0.15, -0.1) is 0 Å². The number of nitrogens with one attached hydrogen (secondary N) is 1. The van der Waals surface area contributed by atoms with Crippen molar-refractivity contribution in [2.75, 3.05) is 0 Å². The molecule has 0 spiro atoms. The predicted molar refractivity (Wildman–Crippen MR) is 131 cm³/mol. The maximum atomic E-state index is 13.8. The molecule has 0 bridgehead atoms. The third kappa shape index (κ3) is 6.73. The van der Waals surface area contributed by atoms with E-state index in [0.29, 0.717) is 0 Å². The monoisotopic (exact) mass is 524 g/mol. The van der Waals surface area contributed by atoms with E-state index in [2.05, 4.69) is 16.7 Å². The molecule has 198 valence electrons. The highest BCUT2D eigenvalue weighted by Crippen LogP contribution is 2.47. The summed E-state index contributed by atoms with van der Waals surface area (Å²) in [5.74, 6) is 0.00685. The molecule has 1 fully saturated rings. The van der Waals surface area contributed by atoms with E-state index in [1.807, 2.05) is 0 Å². The number of carbonyl (C=O) groups is 1. The molecule has 12 nitrogen and oxygen atoms in total. The second-order valence-electron chi connectivity index (χ2n) is 8.70. The fourth-order valence-electron chi connectivity index (χ4n) is 3.62. The van der Waals surface area contributed by atoms with Crippen LogP contribution in [0.5, 0.6) is 5.75 Å². The summed E-state index contributed by atoms with van der Waals surface area (Å²) in [5, 5.41) is 23.9. The van der Waals surface area contributed by atoms with Crippen molar-refractivity contribution in [3.63, 3.8) is 0 Å². The molecular weight excluding hydrogens is 491 g/mol. The van der Waals surface area contributed by atoms with Gasteiger partial charge in [-0.25, -0.2) is 9.56 Å². The quantitative estimate of drug-likeness (QED) is 0.259. The van der Waals surface area contributed by atoms with Crippen molar-refractivity contribution in [1.82, 2.24) is 9.99 Å². The topological polar surface area (TPSA) is 165 Å². The number of nitrogens with zero attached hydrogens (tertiary/aromatic N) is 2. The number of esters is 1. The number of aliphatic imine (C=N–C) groups is 1. The Balaban J connectivity index is 1.77. The lowest BCUT2D eigenvalue weighted by atomic mass is 10.1. The van der Waals surface area contributed by atoms with Crippen LogP contribution in [0.25, 0.3) is 0 Å². The number of aliphatic hydroxyl groups excluding tert-OH is 2. The maximum Gasteiger partial charge on any atom is 0.459 e. The molecule has 7 atom stereocenters. The number of para-hydroxylation sites is 1. The Morgan fingerprint density at radius 3 is 2.50 bits per heavy atom. The first-order valence-corrected chi connectivity index (χ1v) is 13.0. The maximum absolute atomic E-state index is 13.8. The molecule has 0 amide bonds. The number of nitrogens with two attached hydrogens (primary N) is 1. The van der Waals surface area contributed by atoms with Gasteiger partial charge in [-0.3, -0.25) is 9.32 Å². The summed E-state index contributed by atoms with van der Waals surface area (Å²) in [6, 6.07) is 7.20. The molecule has 36 heavy (non-hydrogen) atoms. The largest absolute Gasteiger partial charge is 0.462 e. The molecule has 2 heterocycles. The van der Waals surface area contributed by atoms with Crippen LogP contribution in [0.2, 0.25) is 0 Å². The Morgan fingerprint density at radius 1 is 1.22 bits per heavy atom. The molecule has 1 aromatic rings. The van der Waals surface area contributed by atoms with Crippen molar-refractivity contribution >= 4 is 19.6 Å². The van der Waals surface area contributed by atoms with Crippen molar-refractivity contribution < 1.29 is 38.1 Å². The first-order valence-electron chi connectivity index (χ1n) is 11.4. The molecule has 5 unspecified atom stereocenters. The van der Waals surface area contributed by atoms with Crippen LogP contribution in [0.15, 0.2) is 60.0 Å². The summed E-state index contributed by atoms with van der Waals surface area (Å²) in [6.45, 7) is 10.1. The van der Waals surface area contributed by atoms with E-state index in [1.54, 1.807) is 44.2 Å². The van der Waals surface area contributed by atoms with Crippen LogP contribution in [0.3, 0.4) is 0 Å². The van der Waals surface area contributed by atoms with Gasteiger partial charge in [0.15, 0.2) is 6.23 Å². The zero-order chi connectivity index (χ0) is 26.6. The third-order valence-electron chi connectivity index (χ3n) is 5.31. The first kappa shape index (κ1) is 27.9. The van der Waals surface area contributed by atoms with E-state index >= 15 is 0 Å². The second-order valence-corrected chi connectivity index (χ2v) is 10.3. The number of benzene rings is 1. The highest BCUT2D eigenvalue weighted by atomic mass is 31.2. The second kappa shape index (κ2) is 11.5. The van der Waals surface area contributed by atoms with E-state index in [1.165, 1.54) is 31.0 Å². The lowest BCUT2D eigenvalue weighted by molar-refractivity contribution is -0.149. The van der Waals surface area contributed by atoms with Gasteiger partial charge in [0.25, 0.3) is 0 Å². The minimum absolute atomic E-state index is 0.206.